The first-order valence-corrected chi connectivity index (χ1v) is 8.24. The van der Waals surface area contributed by atoms with Crippen molar-refractivity contribution in [3.05, 3.63) is 0 Å². The van der Waals surface area contributed by atoms with Gasteiger partial charge >= 0.3 is 0 Å². The van der Waals surface area contributed by atoms with Gasteiger partial charge in [-0.05, 0) is 41.0 Å². The normalized spacial score (nSPS) is 38.0. The molecule has 0 aromatic rings. The van der Waals surface area contributed by atoms with Crippen LogP contribution in [0.4, 0.5) is 0 Å². The summed E-state index contributed by atoms with van der Waals surface area (Å²) in [4.78, 5) is 2.48. The Bertz CT molecular complexity index is 376. The zero-order valence-electron chi connectivity index (χ0n) is 15.0. The molecule has 2 rings (SSSR count). The Morgan fingerprint density at radius 1 is 1.10 bits per heavy atom. The van der Waals surface area contributed by atoms with E-state index in [-0.39, 0.29) is 28.3 Å². The lowest BCUT2D eigenvalue weighted by molar-refractivity contribution is -0.201. The fourth-order valence-electron chi connectivity index (χ4n) is 4.23. The summed E-state index contributed by atoms with van der Waals surface area (Å²) in [6, 6.07) is 0. The Kier molecular flexibility index (Phi) is 4.25. The van der Waals surface area contributed by atoms with Crippen LogP contribution >= 0.6 is 0 Å². The second-order valence-corrected chi connectivity index (χ2v) is 8.79. The van der Waals surface area contributed by atoms with Gasteiger partial charge in [0.1, 0.15) is 0 Å². The zero-order valence-corrected chi connectivity index (χ0v) is 15.0. The fraction of sp³-hybridized carbons (Fsp3) is 1.00. The van der Waals surface area contributed by atoms with Gasteiger partial charge in [-0.3, -0.25) is 4.90 Å². The maximum Gasteiger partial charge on any atom is 0.0760 e. The molecule has 1 aliphatic carbocycles. The van der Waals surface area contributed by atoms with E-state index in [0.717, 1.165) is 32.7 Å². The van der Waals surface area contributed by atoms with E-state index < -0.39 is 0 Å². The molecule has 124 valence electrons. The third kappa shape index (κ3) is 3.29. The molecule has 0 bridgehead atoms. The highest BCUT2D eigenvalue weighted by Crippen LogP contribution is 2.50. The standard InChI is InChI=1S/C17H34N2O2/c1-8-20-13-9-17(18,16(13,6)7)12-19-10-14(2,3)21-15(4,5)11-19/h13H,8-12,18H2,1-7H3. The largest absolute Gasteiger partial charge is 0.378 e. The monoisotopic (exact) mass is 298 g/mol. The van der Waals surface area contributed by atoms with Gasteiger partial charge in [0, 0.05) is 37.2 Å². The Morgan fingerprint density at radius 2 is 1.62 bits per heavy atom. The van der Waals surface area contributed by atoms with Crippen LogP contribution in [-0.4, -0.2) is 54.0 Å². The maximum atomic E-state index is 6.75. The van der Waals surface area contributed by atoms with Crippen molar-refractivity contribution in [2.45, 2.75) is 77.7 Å². The lowest BCUT2D eigenvalue weighted by Gasteiger charge is -2.61. The second-order valence-electron chi connectivity index (χ2n) is 8.79. The lowest BCUT2D eigenvalue weighted by atomic mass is 9.54. The number of ether oxygens (including phenoxy) is 2. The molecule has 2 atom stereocenters. The van der Waals surface area contributed by atoms with Crippen molar-refractivity contribution in [1.82, 2.24) is 4.90 Å². The molecule has 1 heterocycles. The molecule has 1 saturated heterocycles. The number of hydrogen-bond acceptors (Lipinski definition) is 4. The van der Waals surface area contributed by atoms with Gasteiger partial charge in [0.2, 0.25) is 0 Å². The highest BCUT2D eigenvalue weighted by molar-refractivity contribution is 5.15. The molecule has 0 amide bonds. The molecule has 21 heavy (non-hydrogen) atoms. The van der Waals surface area contributed by atoms with Crippen LogP contribution in [-0.2, 0) is 9.47 Å². The van der Waals surface area contributed by atoms with E-state index in [1.165, 1.54) is 0 Å². The van der Waals surface area contributed by atoms with E-state index >= 15 is 0 Å². The van der Waals surface area contributed by atoms with Gasteiger partial charge in [0.25, 0.3) is 0 Å². The third-order valence-corrected chi connectivity index (χ3v) is 5.27. The molecule has 2 N–H and O–H groups in total. The minimum atomic E-state index is -0.170. The van der Waals surface area contributed by atoms with Crippen molar-refractivity contribution in [3.63, 3.8) is 0 Å². The molecule has 2 fully saturated rings. The predicted octanol–water partition coefficient (Wildman–Crippen LogP) is 2.41. The topological polar surface area (TPSA) is 47.7 Å². The van der Waals surface area contributed by atoms with E-state index in [1.807, 2.05) is 0 Å². The SMILES string of the molecule is CCOC1CC(N)(CN2CC(C)(C)OC(C)(C)C2)C1(C)C. The molecule has 4 heteroatoms. The molecule has 0 radical (unpaired) electrons. The van der Waals surface area contributed by atoms with Gasteiger partial charge in [0.05, 0.1) is 17.3 Å². The number of hydrogen-bond donors (Lipinski definition) is 1. The van der Waals surface area contributed by atoms with Crippen LogP contribution in [0.1, 0.15) is 54.9 Å². The average Bonchev–Trinajstić information content (AvgIpc) is 2.23. The molecular formula is C17H34N2O2. The first-order valence-electron chi connectivity index (χ1n) is 8.24. The summed E-state index contributed by atoms with van der Waals surface area (Å²) in [6.07, 6.45) is 1.24. The Hall–Kier alpha value is -0.160. The lowest BCUT2D eigenvalue weighted by Crippen LogP contribution is -2.75. The fourth-order valence-corrected chi connectivity index (χ4v) is 4.23. The van der Waals surface area contributed by atoms with Crippen molar-refractivity contribution in [2.24, 2.45) is 11.1 Å². The average molecular weight is 298 g/mol. The van der Waals surface area contributed by atoms with Crippen LogP contribution in [0.3, 0.4) is 0 Å². The smallest absolute Gasteiger partial charge is 0.0760 e. The van der Waals surface area contributed by atoms with Crippen molar-refractivity contribution >= 4 is 0 Å². The zero-order chi connectivity index (χ0) is 16.1. The Balaban J connectivity index is 2.05. The minimum Gasteiger partial charge on any atom is -0.378 e. The van der Waals surface area contributed by atoms with Crippen LogP contribution < -0.4 is 5.73 Å². The summed E-state index contributed by atoms with van der Waals surface area (Å²) in [7, 11) is 0. The van der Waals surface area contributed by atoms with Crippen LogP contribution in [0.15, 0.2) is 0 Å². The Labute approximate surface area is 130 Å². The van der Waals surface area contributed by atoms with Crippen molar-refractivity contribution in [2.75, 3.05) is 26.2 Å². The van der Waals surface area contributed by atoms with Gasteiger partial charge in [-0.15, -0.1) is 0 Å². The molecule has 0 spiro atoms. The number of morpholine rings is 1. The third-order valence-electron chi connectivity index (χ3n) is 5.27. The molecular weight excluding hydrogens is 264 g/mol. The number of rotatable bonds is 4. The van der Waals surface area contributed by atoms with Gasteiger partial charge in [-0.2, -0.15) is 0 Å². The van der Waals surface area contributed by atoms with Crippen molar-refractivity contribution in [1.29, 1.82) is 0 Å². The molecule has 1 saturated carbocycles. The van der Waals surface area contributed by atoms with Crippen LogP contribution in [0.5, 0.6) is 0 Å². The first-order chi connectivity index (χ1) is 9.41. The summed E-state index contributed by atoms with van der Waals surface area (Å²) in [5.74, 6) is 0. The molecule has 0 aromatic carbocycles. The van der Waals surface area contributed by atoms with Crippen LogP contribution in [0.2, 0.25) is 0 Å². The van der Waals surface area contributed by atoms with Crippen LogP contribution in [0.25, 0.3) is 0 Å². The maximum absolute atomic E-state index is 6.75. The predicted molar refractivity (Wildman–Crippen MR) is 86.4 cm³/mol. The summed E-state index contributed by atoms with van der Waals surface area (Å²) < 4.78 is 12.0. The highest BCUT2D eigenvalue weighted by atomic mass is 16.5. The molecule has 2 aliphatic rings. The van der Waals surface area contributed by atoms with Crippen LogP contribution in [0, 0.1) is 5.41 Å². The van der Waals surface area contributed by atoms with Crippen molar-refractivity contribution in [3.8, 4) is 0 Å². The molecule has 0 aromatic heterocycles. The summed E-state index contributed by atoms with van der Waals surface area (Å²) in [5.41, 5.74) is 6.36. The summed E-state index contributed by atoms with van der Waals surface area (Å²) in [5, 5.41) is 0. The Morgan fingerprint density at radius 3 is 2.05 bits per heavy atom. The number of nitrogens with two attached hydrogens (primary N) is 1. The van der Waals surface area contributed by atoms with E-state index in [4.69, 9.17) is 15.2 Å². The molecule has 4 nitrogen and oxygen atoms in total. The summed E-state index contributed by atoms with van der Waals surface area (Å²) in [6.45, 7) is 18.8. The van der Waals surface area contributed by atoms with E-state index in [2.05, 4.69) is 53.4 Å². The van der Waals surface area contributed by atoms with Gasteiger partial charge in [-0.1, -0.05) is 13.8 Å². The van der Waals surface area contributed by atoms with Gasteiger partial charge in [0.15, 0.2) is 0 Å². The first kappa shape index (κ1) is 17.2. The van der Waals surface area contributed by atoms with E-state index in [0.29, 0.717) is 0 Å². The molecule has 2 unspecified atom stereocenters. The summed E-state index contributed by atoms with van der Waals surface area (Å²) >= 11 is 0. The minimum absolute atomic E-state index is 0.0234. The number of nitrogens with zero attached hydrogens (tertiary/aromatic N) is 1. The van der Waals surface area contributed by atoms with E-state index in [1.54, 1.807) is 0 Å². The van der Waals surface area contributed by atoms with E-state index in [9.17, 15) is 0 Å². The molecule has 1 aliphatic heterocycles. The van der Waals surface area contributed by atoms with Gasteiger partial charge < -0.3 is 15.2 Å². The van der Waals surface area contributed by atoms with Crippen molar-refractivity contribution < 1.29 is 9.47 Å². The quantitative estimate of drug-likeness (QED) is 0.866. The highest BCUT2D eigenvalue weighted by Gasteiger charge is 2.59. The second kappa shape index (κ2) is 5.19. The van der Waals surface area contributed by atoms with Gasteiger partial charge in [-0.25, -0.2) is 0 Å².